The largest absolute Gasteiger partial charge is 0.298 e. The number of rotatable bonds is 1. The minimum atomic E-state index is -0.619. The normalized spacial score (nSPS) is 10.2. The third-order valence-corrected chi connectivity index (χ3v) is 1.67. The van der Waals surface area contributed by atoms with Gasteiger partial charge in [0.1, 0.15) is 6.29 Å². The molecule has 0 radical (unpaired) electrons. The Bertz CT molecular complexity index is 470. The van der Waals surface area contributed by atoms with Crippen LogP contribution in [0.25, 0.3) is 11.0 Å². The molecule has 0 atom stereocenters. The molecule has 64 valence electrons. The zero-order valence-electron chi connectivity index (χ0n) is 6.57. The second-order valence-electron chi connectivity index (χ2n) is 2.56. The van der Waals surface area contributed by atoms with Crippen LogP contribution in [0.15, 0.2) is 24.4 Å². The van der Waals surface area contributed by atoms with E-state index in [9.17, 15) is 9.18 Å². The molecule has 13 heavy (non-hydrogen) atoms. The number of hydrogen-bond donors (Lipinski definition) is 0. The van der Waals surface area contributed by atoms with Crippen LogP contribution in [0.4, 0.5) is 4.39 Å². The Kier molecular flexibility index (Phi) is 1.73. The lowest BCUT2D eigenvalue weighted by Crippen LogP contribution is -1.89. The molecule has 0 aliphatic rings. The Morgan fingerprint density at radius 3 is 2.92 bits per heavy atom. The molecule has 3 nitrogen and oxygen atoms in total. The third-order valence-electron chi connectivity index (χ3n) is 1.67. The van der Waals surface area contributed by atoms with E-state index in [4.69, 9.17) is 0 Å². The van der Waals surface area contributed by atoms with Crippen LogP contribution < -0.4 is 0 Å². The number of halogens is 1. The average molecular weight is 176 g/mol. The number of fused-ring (bicyclic) bond motifs is 1. The van der Waals surface area contributed by atoms with Crippen LogP contribution in [0.2, 0.25) is 0 Å². The predicted octanol–water partition coefficient (Wildman–Crippen LogP) is 1.58. The van der Waals surface area contributed by atoms with Gasteiger partial charge in [0.15, 0.2) is 0 Å². The van der Waals surface area contributed by atoms with Crippen molar-refractivity contribution in [2.24, 2.45) is 0 Å². The number of nitrogens with zero attached hydrogens (tertiary/aromatic N) is 2. The summed E-state index contributed by atoms with van der Waals surface area (Å²) in [6, 6.07) is 4.70. The van der Waals surface area contributed by atoms with Gasteiger partial charge in [-0.2, -0.15) is 4.39 Å². The van der Waals surface area contributed by atoms with Gasteiger partial charge in [-0.1, -0.05) is 0 Å². The summed E-state index contributed by atoms with van der Waals surface area (Å²) in [6.45, 7) is 0. The summed E-state index contributed by atoms with van der Waals surface area (Å²) in [7, 11) is 0. The molecule has 0 unspecified atom stereocenters. The van der Waals surface area contributed by atoms with Crippen LogP contribution in [0.3, 0.4) is 0 Å². The molecular weight excluding hydrogens is 171 g/mol. The van der Waals surface area contributed by atoms with Crippen LogP contribution in [0.1, 0.15) is 10.4 Å². The second kappa shape index (κ2) is 2.90. The highest BCUT2D eigenvalue weighted by molar-refractivity contribution is 5.84. The Labute approximate surface area is 73.2 Å². The lowest BCUT2D eigenvalue weighted by atomic mass is 10.2. The smallest absolute Gasteiger partial charge is 0.231 e. The first-order chi connectivity index (χ1) is 6.29. The maximum atomic E-state index is 12.6. The first-order valence-corrected chi connectivity index (χ1v) is 3.67. The predicted molar refractivity (Wildman–Crippen MR) is 44.9 cm³/mol. The maximum Gasteiger partial charge on any atom is 0.231 e. The summed E-state index contributed by atoms with van der Waals surface area (Å²) in [5, 5.41) is 0. The van der Waals surface area contributed by atoms with Crippen molar-refractivity contribution in [1.82, 2.24) is 9.97 Å². The van der Waals surface area contributed by atoms with Gasteiger partial charge in [0.05, 0.1) is 17.2 Å². The fraction of sp³-hybridized carbons (Fsp3) is 0. The molecule has 0 fully saturated rings. The van der Waals surface area contributed by atoms with Gasteiger partial charge in [0, 0.05) is 5.56 Å². The molecule has 4 heteroatoms. The van der Waals surface area contributed by atoms with Crippen molar-refractivity contribution < 1.29 is 9.18 Å². The molecule has 0 aliphatic heterocycles. The van der Waals surface area contributed by atoms with E-state index in [0.29, 0.717) is 22.9 Å². The average Bonchev–Trinajstić information content (AvgIpc) is 2.17. The molecule has 0 aliphatic carbocycles. The summed E-state index contributed by atoms with van der Waals surface area (Å²) in [6.07, 6.45) is 1.74. The Hall–Kier alpha value is -1.84. The Balaban J connectivity index is 2.73. The van der Waals surface area contributed by atoms with Gasteiger partial charge in [-0.25, -0.2) is 9.97 Å². The molecule has 2 rings (SSSR count). The van der Waals surface area contributed by atoms with E-state index >= 15 is 0 Å². The van der Waals surface area contributed by atoms with Gasteiger partial charge in [-0.15, -0.1) is 0 Å². The second-order valence-corrected chi connectivity index (χ2v) is 2.56. The van der Waals surface area contributed by atoms with Gasteiger partial charge in [0.2, 0.25) is 5.95 Å². The molecule has 0 amide bonds. The molecule has 1 aromatic carbocycles. The molecule has 0 spiro atoms. The standard InChI is InChI=1S/C9H5FN2O/c10-9-4-11-8-3-6(5-13)1-2-7(8)12-9/h1-5H. The highest BCUT2D eigenvalue weighted by atomic mass is 19.1. The van der Waals surface area contributed by atoms with Crippen LogP contribution in [0.5, 0.6) is 0 Å². The number of benzene rings is 1. The molecule has 0 N–H and O–H groups in total. The van der Waals surface area contributed by atoms with Gasteiger partial charge in [0.25, 0.3) is 0 Å². The number of hydrogen-bond acceptors (Lipinski definition) is 3. The van der Waals surface area contributed by atoms with Crippen molar-refractivity contribution in [3.8, 4) is 0 Å². The summed E-state index contributed by atoms with van der Waals surface area (Å²) >= 11 is 0. The first-order valence-electron chi connectivity index (χ1n) is 3.67. The number of carbonyl (C=O) groups excluding carboxylic acids is 1. The zero-order chi connectivity index (χ0) is 9.26. The Morgan fingerprint density at radius 2 is 2.15 bits per heavy atom. The number of aromatic nitrogens is 2. The van der Waals surface area contributed by atoms with Crippen molar-refractivity contribution in [1.29, 1.82) is 0 Å². The number of aldehydes is 1. The van der Waals surface area contributed by atoms with Gasteiger partial charge in [-0.3, -0.25) is 4.79 Å². The molecular formula is C9H5FN2O. The fourth-order valence-corrected chi connectivity index (χ4v) is 1.08. The molecule has 2 aromatic rings. The highest BCUT2D eigenvalue weighted by Crippen LogP contribution is 2.10. The summed E-state index contributed by atoms with van der Waals surface area (Å²) in [4.78, 5) is 17.8. The van der Waals surface area contributed by atoms with Crippen LogP contribution in [0, 0.1) is 5.95 Å². The molecule has 1 aromatic heterocycles. The van der Waals surface area contributed by atoms with E-state index in [1.54, 1.807) is 18.2 Å². The molecule has 0 saturated heterocycles. The zero-order valence-corrected chi connectivity index (χ0v) is 6.57. The highest BCUT2D eigenvalue weighted by Gasteiger charge is 1.99. The molecule has 0 saturated carbocycles. The maximum absolute atomic E-state index is 12.6. The van der Waals surface area contributed by atoms with E-state index in [0.717, 1.165) is 6.20 Å². The van der Waals surface area contributed by atoms with Gasteiger partial charge >= 0.3 is 0 Å². The van der Waals surface area contributed by atoms with Crippen LogP contribution >= 0.6 is 0 Å². The summed E-state index contributed by atoms with van der Waals surface area (Å²) in [5.41, 5.74) is 1.48. The van der Waals surface area contributed by atoms with Crippen molar-refractivity contribution in [2.75, 3.05) is 0 Å². The lowest BCUT2D eigenvalue weighted by Gasteiger charge is -1.96. The van der Waals surface area contributed by atoms with Crippen molar-refractivity contribution >= 4 is 17.3 Å². The minimum absolute atomic E-state index is 0.450. The number of carbonyl (C=O) groups is 1. The Morgan fingerprint density at radius 1 is 1.31 bits per heavy atom. The van der Waals surface area contributed by atoms with E-state index in [2.05, 4.69) is 9.97 Å². The van der Waals surface area contributed by atoms with Crippen molar-refractivity contribution in [3.05, 3.63) is 35.9 Å². The van der Waals surface area contributed by atoms with E-state index in [1.807, 2.05) is 0 Å². The minimum Gasteiger partial charge on any atom is -0.298 e. The van der Waals surface area contributed by atoms with Crippen LogP contribution in [-0.2, 0) is 0 Å². The molecule has 1 heterocycles. The van der Waals surface area contributed by atoms with E-state index < -0.39 is 5.95 Å². The SMILES string of the molecule is O=Cc1ccc2nc(F)cnc2c1. The van der Waals surface area contributed by atoms with Gasteiger partial charge < -0.3 is 0 Å². The first kappa shape index (κ1) is 7.79. The van der Waals surface area contributed by atoms with E-state index in [-0.39, 0.29) is 0 Å². The van der Waals surface area contributed by atoms with Gasteiger partial charge in [-0.05, 0) is 18.2 Å². The van der Waals surface area contributed by atoms with Crippen molar-refractivity contribution in [3.63, 3.8) is 0 Å². The monoisotopic (exact) mass is 176 g/mol. The van der Waals surface area contributed by atoms with E-state index in [1.165, 1.54) is 0 Å². The lowest BCUT2D eigenvalue weighted by molar-refractivity contribution is 0.112. The molecule has 0 bridgehead atoms. The fourth-order valence-electron chi connectivity index (χ4n) is 1.08. The van der Waals surface area contributed by atoms with Crippen LogP contribution in [-0.4, -0.2) is 16.3 Å². The third kappa shape index (κ3) is 1.38. The summed E-state index contributed by atoms with van der Waals surface area (Å²) < 4.78 is 12.6. The van der Waals surface area contributed by atoms with Crippen molar-refractivity contribution in [2.45, 2.75) is 0 Å². The quantitative estimate of drug-likeness (QED) is 0.619. The topological polar surface area (TPSA) is 42.9 Å². The summed E-state index contributed by atoms with van der Waals surface area (Å²) in [5.74, 6) is -0.619.